The molecule has 1 atom stereocenters. The zero-order valence-corrected chi connectivity index (χ0v) is 19.5. The van der Waals surface area contributed by atoms with Crippen LogP contribution in [0, 0.1) is 6.92 Å². The summed E-state index contributed by atoms with van der Waals surface area (Å²) in [5.74, 6) is 1.59. The van der Waals surface area contributed by atoms with Crippen molar-refractivity contribution in [3.63, 3.8) is 0 Å². The molecule has 2 rings (SSSR count). The van der Waals surface area contributed by atoms with Crippen LogP contribution in [-0.2, 0) is 11.3 Å². The first kappa shape index (κ1) is 24.5. The predicted octanol–water partition coefficient (Wildman–Crippen LogP) is 2.91. The first-order chi connectivity index (χ1) is 13.4. The number of carbonyl (C=O) groups excluding carboxylic acids is 1. The largest absolute Gasteiger partial charge is 0.496 e. The number of primary amides is 1. The Labute approximate surface area is 189 Å². The lowest BCUT2D eigenvalue weighted by Gasteiger charge is -2.21. The van der Waals surface area contributed by atoms with Crippen LogP contribution in [0.2, 0.25) is 0 Å². The molecule has 0 saturated heterocycles. The van der Waals surface area contributed by atoms with Gasteiger partial charge in [-0.2, -0.15) is 0 Å². The van der Waals surface area contributed by atoms with Gasteiger partial charge in [-0.1, -0.05) is 29.8 Å². The van der Waals surface area contributed by atoms with Crippen molar-refractivity contribution in [2.75, 3.05) is 20.8 Å². The summed E-state index contributed by atoms with van der Waals surface area (Å²) in [6, 6.07) is 13.6. The number of rotatable bonds is 8. The van der Waals surface area contributed by atoms with Crippen molar-refractivity contribution in [2.45, 2.75) is 26.4 Å². The number of guanidine groups is 1. The molecule has 2 aromatic rings. The highest BCUT2D eigenvalue weighted by atomic mass is 127. The first-order valence-electron chi connectivity index (χ1n) is 9.04. The second-order valence-corrected chi connectivity index (χ2v) is 6.44. The molecule has 0 aliphatic carbocycles. The van der Waals surface area contributed by atoms with Crippen molar-refractivity contribution in [3.8, 4) is 11.5 Å². The lowest BCUT2D eigenvalue weighted by atomic mass is 10.0. The van der Waals surface area contributed by atoms with E-state index in [-0.39, 0.29) is 36.6 Å². The minimum absolute atomic E-state index is 0. The van der Waals surface area contributed by atoms with E-state index in [4.69, 9.17) is 15.2 Å². The molecule has 1 unspecified atom stereocenters. The Balaban J connectivity index is 0.00000420. The topological polar surface area (TPSA) is 98.0 Å². The summed E-state index contributed by atoms with van der Waals surface area (Å²) in [6.07, 6.45) is 0. The number of nitrogens with zero attached hydrogens (tertiary/aromatic N) is 1. The molecule has 1 amide bonds. The van der Waals surface area contributed by atoms with Crippen molar-refractivity contribution >= 4 is 35.8 Å². The highest BCUT2D eigenvalue weighted by Gasteiger charge is 2.13. The molecule has 2 aromatic carbocycles. The maximum absolute atomic E-state index is 10.8. The highest BCUT2D eigenvalue weighted by Crippen LogP contribution is 2.26. The van der Waals surface area contributed by atoms with E-state index in [1.54, 1.807) is 20.2 Å². The van der Waals surface area contributed by atoms with E-state index in [0.29, 0.717) is 18.3 Å². The third-order valence-electron chi connectivity index (χ3n) is 4.17. The minimum atomic E-state index is -0.506. The highest BCUT2D eigenvalue weighted by molar-refractivity contribution is 14.0. The number of benzene rings is 2. The second-order valence-electron chi connectivity index (χ2n) is 6.44. The molecule has 158 valence electrons. The lowest BCUT2D eigenvalue weighted by molar-refractivity contribution is -0.119. The summed E-state index contributed by atoms with van der Waals surface area (Å²) in [4.78, 5) is 15.1. The average Bonchev–Trinajstić information content (AvgIpc) is 2.69. The van der Waals surface area contributed by atoms with Crippen molar-refractivity contribution in [1.29, 1.82) is 0 Å². The van der Waals surface area contributed by atoms with E-state index in [1.165, 1.54) is 5.56 Å². The number of halogens is 1. The lowest BCUT2D eigenvalue weighted by Crippen LogP contribution is -2.38. The molecule has 0 spiro atoms. The molecular formula is C21H29IN4O3. The third kappa shape index (κ3) is 7.80. The fourth-order valence-corrected chi connectivity index (χ4v) is 2.76. The number of nitrogens with one attached hydrogen (secondary N) is 2. The number of aryl methyl sites for hydroxylation is 1. The van der Waals surface area contributed by atoms with Crippen molar-refractivity contribution in [2.24, 2.45) is 10.7 Å². The maximum Gasteiger partial charge on any atom is 0.255 e. The summed E-state index contributed by atoms with van der Waals surface area (Å²) in [5.41, 5.74) is 8.33. The van der Waals surface area contributed by atoms with Crippen molar-refractivity contribution in [3.05, 3.63) is 59.2 Å². The molecule has 4 N–H and O–H groups in total. The quantitative estimate of drug-likeness (QED) is 0.287. The normalized spacial score (nSPS) is 11.8. The van der Waals surface area contributed by atoms with Gasteiger partial charge in [0.2, 0.25) is 0 Å². The smallest absolute Gasteiger partial charge is 0.255 e. The molecular weight excluding hydrogens is 483 g/mol. The Morgan fingerprint density at radius 3 is 2.66 bits per heavy atom. The van der Waals surface area contributed by atoms with Gasteiger partial charge in [0.25, 0.3) is 5.91 Å². The van der Waals surface area contributed by atoms with Crippen molar-refractivity contribution < 1.29 is 14.3 Å². The van der Waals surface area contributed by atoms with Crippen LogP contribution >= 0.6 is 24.0 Å². The number of methoxy groups -OCH3 is 1. The van der Waals surface area contributed by atoms with Gasteiger partial charge in [0, 0.05) is 19.2 Å². The molecule has 0 radical (unpaired) electrons. The molecule has 7 nitrogen and oxygen atoms in total. The van der Waals surface area contributed by atoms with Crippen LogP contribution in [0.15, 0.2) is 47.5 Å². The van der Waals surface area contributed by atoms with Crippen LogP contribution in [0.3, 0.4) is 0 Å². The van der Waals surface area contributed by atoms with E-state index in [1.807, 2.05) is 30.3 Å². The SMILES string of the molecule is CN=C(NCc1cccc(OCC(N)=O)c1)NC(C)c1cc(C)ccc1OC.I. The molecule has 0 fully saturated rings. The van der Waals surface area contributed by atoms with E-state index in [9.17, 15) is 4.79 Å². The molecule has 8 heteroatoms. The van der Waals surface area contributed by atoms with Gasteiger partial charge in [-0.05, 0) is 37.6 Å². The first-order valence-corrected chi connectivity index (χ1v) is 9.04. The number of hydrogen-bond donors (Lipinski definition) is 3. The number of aliphatic imine (C=N–C) groups is 1. The fourth-order valence-electron chi connectivity index (χ4n) is 2.76. The zero-order valence-electron chi connectivity index (χ0n) is 17.2. The third-order valence-corrected chi connectivity index (χ3v) is 4.17. The van der Waals surface area contributed by atoms with Gasteiger partial charge >= 0.3 is 0 Å². The minimum Gasteiger partial charge on any atom is -0.496 e. The van der Waals surface area contributed by atoms with Crippen LogP contribution in [0.4, 0.5) is 0 Å². The van der Waals surface area contributed by atoms with Gasteiger partial charge in [0.1, 0.15) is 11.5 Å². The van der Waals surface area contributed by atoms with Crippen LogP contribution in [0.25, 0.3) is 0 Å². The Hall–Kier alpha value is -2.49. The van der Waals surface area contributed by atoms with E-state index in [0.717, 1.165) is 16.9 Å². The summed E-state index contributed by atoms with van der Waals surface area (Å²) >= 11 is 0. The summed E-state index contributed by atoms with van der Waals surface area (Å²) < 4.78 is 10.8. The molecule has 0 aliphatic heterocycles. The van der Waals surface area contributed by atoms with E-state index in [2.05, 4.69) is 35.5 Å². The van der Waals surface area contributed by atoms with Gasteiger partial charge < -0.3 is 25.8 Å². The van der Waals surface area contributed by atoms with E-state index >= 15 is 0 Å². The molecule has 0 aliphatic rings. The predicted molar refractivity (Wildman–Crippen MR) is 126 cm³/mol. The van der Waals surface area contributed by atoms with Crippen LogP contribution in [-0.4, -0.2) is 32.6 Å². The summed E-state index contributed by atoms with van der Waals surface area (Å²) in [7, 11) is 3.39. The Morgan fingerprint density at radius 1 is 1.24 bits per heavy atom. The molecule has 0 bridgehead atoms. The van der Waals surface area contributed by atoms with Crippen molar-refractivity contribution in [1.82, 2.24) is 10.6 Å². The number of carbonyl (C=O) groups is 1. The van der Waals surface area contributed by atoms with Crippen LogP contribution in [0.1, 0.15) is 29.7 Å². The number of nitrogens with two attached hydrogens (primary N) is 1. The Morgan fingerprint density at radius 2 is 2.00 bits per heavy atom. The summed E-state index contributed by atoms with van der Waals surface area (Å²) in [5, 5.41) is 6.66. The standard InChI is InChI=1S/C21H28N4O3.HI/c1-14-8-9-19(27-4)18(10-14)15(2)25-21(23-3)24-12-16-6-5-7-17(11-16)28-13-20(22)26;/h5-11,15H,12-13H2,1-4H3,(H2,22,26)(H2,23,24,25);1H. The van der Waals surface area contributed by atoms with Crippen LogP contribution in [0.5, 0.6) is 11.5 Å². The molecule has 0 heterocycles. The number of hydrogen-bond acceptors (Lipinski definition) is 4. The van der Waals surface area contributed by atoms with Gasteiger partial charge in [-0.15, -0.1) is 24.0 Å². The second kappa shape index (κ2) is 12.2. The van der Waals surface area contributed by atoms with E-state index < -0.39 is 5.91 Å². The average molecular weight is 512 g/mol. The maximum atomic E-state index is 10.8. The van der Waals surface area contributed by atoms with Gasteiger partial charge in [-0.25, -0.2) is 0 Å². The number of amides is 1. The molecule has 0 aromatic heterocycles. The monoisotopic (exact) mass is 512 g/mol. The number of ether oxygens (including phenoxy) is 2. The van der Waals surface area contributed by atoms with Gasteiger partial charge in [0.05, 0.1) is 13.2 Å². The molecule has 29 heavy (non-hydrogen) atoms. The zero-order chi connectivity index (χ0) is 20.5. The van der Waals surface area contributed by atoms with Gasteiger partial charge in [0.15, 0.2) is 12.6 Å². The van der Waals surface area contributed by atoms with Gasteiger partial charge in [-0.3, -0.25) is 9.79 Å². The molecule has 0 saturated carbocycles. The Bertz CT molecular complexity index is 842. The summed E-state index contributed by atoms with van der Waals surface area (Å²) in [6.45, 7) is 4.51. The fraction of sp³-hybridized carbons (Fsp3) is 0.333. The van der Waals surface area contributed by atoms with Crippen LogP contribution < -0.4 is 25.8 Å². The Kier molecular flexibility index (Phi) is 10.3.